The van der Waals surface area contributed by atoms with Crippen molar-refractivity contribution in [1.82, 2.24) is 0 Å². The summed E-state index contributed by atoms with van der Waals surface area (Å²) in [6.45, 7) is 0. The van der Waals surface area contributed by atoms with Crippen LogP contribution in [0.5, 0.6) is 0 Å². The second kappa shape index (κ2) is 19.5. The van der Waals surface area contributed by atoms with E-state index in [9.17, 15) is 0 Å². The maximum absolute atomic E-state index is 4.73. The van der Waals surface area contributed by atoms with Crippen molar-refractivity contribution in [3.8, 4) is 0 Å². The van der Waals surface area contributed by atoms with Gasteiger partial charge in [0.05, 0.1) is 0 Å². The van der Waals surface area contributed by atoms with Crippen molar-refractivity contribution < 1.29 is 30.0 Å². The molecule has 0 radical (unpaired) electrons. The standard InChI is InChI=1S/2C17H19P.2ClH.Co.Fe/c2*1-3-9-15(10-4-1)18(17-13-7-8-14-17)16-11-5-2-6-12-16;;;;/h2*1-6,9-12,17H,7-8,13-14H2;2*1H;;/q;;;;+2;/p-2. The van der Waals surface area contributed by atoms with Crippen molar-refractivity contribution in [1.29, 1.82) is 0 Å². The fourth-order valence-corrected chi connectivity index (χ4v) is 11.8. The van der Waals surface area contributed by atoms with Crippen LogP contribution in [0.25, 0.3) is 0 Å². The average molecular weight is 694 g/mol. The Balaban J connectivity index is 0.000000197. The number of hydrogen-bond donors (Lipinski definition) is 0. The van der Waals surface area contributed by atoms with E-state index in [0.717, 1.165) is 11.3 Å². The Morgan fingerprint density at radius 3 is 0.825 bits per heavy atom. The van der Waals surface area contributed by atoms with Crippen LogP contribution in [0.3, 0.4) is 0 Å². The van der Waals surface area contributed by atoms with Gasteiger partial charge >= 0.3 is 33.2 Å². The molecule has 2 aliphatic rings. The SMILES string of the molecule is [Cl][Co][Cl].[Fe].c1ccc(P(c2ccccc2)C2CCCC2)cc1.c1ccc(P(c2ccccc2)C2CCCC2)cc1. The van der Waals surface area contributed by atoms with Crippen molar-refractivity contribution >= 4 is 57.4 Å². The van der Waals surface area contributed by atoms with Gasteiger partial charge in [0.2, 0.25) is 0 Å². The molecule has 0 bridgehead atoms. The first-order chi connectivity index (χ1) is 19.3. The van der Waals surface area contributed by atoms with Gasteiger partial charge in [-0.15, -0.1) is 0 Å². The van der Waals surface area contributed by atoms with Crippen LogP contribution in [0.15, 0.2) is 121 Å². The summed E-state index contributed by atoms with van der Waals surface area (Å²) < 4.78 is 0. The molecular formula is C34H38Cl2CoFeP2. The summed E-state index contributed by atoms with van der Waals surface area (Å²) in [5.74, 6) is 0. The van der Waals surface area contributed by atoms with E-state index in [1.807, 2.05) is 0 Å². The molecule has 0 heterocycles. The van der Waals surface area contributed by atoms with Gasteiger partial charge in [-0.05, 0) is 74.1 Å². The predicted octanol–water partition coefficient (Wildman–Crippen LogP) is 9.50. The van der Waals surface area contributed by atoms with Gasteiger partial charge in [0.25, 0.3) is 0 Å². The zero-order valence-electron chi connectivity index (χ0n) is 22.7. The van der Waals surface area contributed by atoms with E-state index in [-0.39, 0.29) is 32.9 Å². The average Bonchev–Trinajstić information content (AvgIpc) is 3.72. The van der Waals surface area contributed by atoms with E-state index < -0.39 is 0 Å². The first kappa shape index (κ1) is 33.8. The maximum atomic E-state index is 4.73. The fourth-order valence-electron chi connectivity index (χ4n) is 5.82. The number of halogens is 2. The minimum absolute atomic E-state index is 0. The molecule has 215 valence electrons. The minimum atomic E-state index is -0.152. The second-order valence-electron chi connectivity index (χ2n) is 10.0. The first-order valence-corrected chi connectivity index (χ1v) is 19.6. The Morgan fingerprint density at radius 1 is 0.425 bits per heavy atom. The van der Waals surface area contributed by atoms with E-state index in [1.54, 1.807) is 21.2 Å². The van der Waals surface area contributed by atoms with Crippen molar-refractivity contribution in [3.05, 3.63) is 121 Å². The Labute approximate surface area is 269 Å². The molecule has 6 rings (SSSR count). The van der Waals surface area contributed by atoms with E-state index in [0.29, 0.717) is 12.9 Å². The molecule has 2 fully saturated rings. The third kappa shape index (κ3) is 10.3. The molecule has 0 unspecified atom stereocenters. The topological polar surface area (TPSA) is 0 Å². The Kier molecular flexibility index (Phi) is 16.5. The van der Waals surface area contributed by atoms with Crippen molar-refractivity contribution in [2.75, 3.05) is 0 Å². The number of benzene rings is 4. The van der Waals surface area contributed by atoms with Gasteiger partial charge in [0.1, 0.15) is 0 Å². The third-order valence-electron chi connectivity index (χ3n) is 7.52. The van der Waals surface area contributed by atoms with Crippen LogP contribution in [0.1, 0.15) is 51.4 Å². The van der Waals surface area contributed by atoms with Crippen LogP contribution >= 0.6 is 36.1 Å². The quantitative estimate of drug-likeness (QED) is 0.139. The van der Waals surface area contributed by atoms with E-state index >= 15 is 0 Å². The first-order valence-electron chi connectivity index (χ1n) is 13.9. The smallest absolute Gasteiger partial charge is 0 e. The van der Waals surface area contributed by atoms with Crippen LogP contribution in [0.4, 0.5) is 0 Å². The van der Waals surface area contributed by atoms with E-state index in [2.05, 4.69) is 121 Å². The van der Waals surface area contributed by atoms with Crippen LogP contribution in [0, 0.1) is 0 Å². The summed E-state index contributed by atoms with van der Waals surface area (Å²) in [5.41, 5.74) is 1.79. The normalized spacial score (nSPS) is 15.2. The molecule has 2 aliphatic carbocycles. The zero-order chi connectivity index (χ0) is 27.1. The summed E-state index contributed by atoms with van der Waals surface area (Å²) in [7, 11) is 9.16. The van der Waals surface area contributed by atoms with Crippen LogP contribution in [-0.2, 0) is 30.0 Å². The molecule has 0 N–H and O–H groups in total. The summed E-state index contributed by atoms with van der Waals surface area (Å²) in [4.78, 5) is 0. The second-order valence-corrected chi connectivity index (χ2v) is 16.7. The van der Waals surface area contributed by atoms with Crippen LogP contribution < -0.4 is 21.2 Å². The van der Waals surface area contributed by atoms with Gasteiger partial charge in [0, 0.05) is 17.1 Å². The van der Waals surface area contributed by atoms with Crippen molar-refractivity contribution in [3.63, 3.8) is 0 Å². The summed E-state index contributed by atoms with van der Waals surface area (Å²) in [5, 5.41) is 6.19. The third-order valence-corrected chi connectivity index (χ3v) is 13.4. The molecule has 40 heavy (non-hydrogen) atoms. The van der Waals surface area contributed by atoms with Gasteiger partial charge in [-0.2, -0.15) is 0 Å². The molecule has 0 aromatic heterocycles. The van der Waals surface area contributed by atoms with Crippen molar-refractivity contribution in [2.45, 2.75) is 62.7 Å². The minimum Gasteiger partial charge on any atom is -0.0622 e. The molecule has 0 saturated heterocycles. The zero-order valence-corrected chi connectivity index (χ0v) is 28.1. The summed E-state index contributed by atoms with van der Waals surface area (Å²) >= 11 is 0.382. The van der Waals surface area contributed by atoms with Gasteiger partial charge < -0.3 is 0 Å². The van der Waals surface area contributed by atoms with Gasteiger partial charge in [-0.1, -0.05) is 147 Å². The van der Waals surface area contributed by atoms with E-state index in [1.165, 1.54) is 51.4 Å². The molecule has 0 aliphatic heterocycles. The maximum Gasteiger partial charge on any atom is 0 e. The molecule has 6 heteroatoms. The van der Waals surface area contributed by atoms with Crippen molar-refractivity contribution in [2.24, 2.45) is 0 Å². The predicted molar refractivity (Wildman–Crippen MR) is 174 cm³/mol. The molecule has 0 atom stereocenters. The summed E-state index contributed by atoms with van der Waals surface area (Å²) in [6.07, 6.45) is 11.3. The van der Waals surface area contributed by atoms with Crippen LogP contribution in [0.2, 0.25) is 0 Å². The molecule has 2 saturated carbocycles. The Bertz CT molecular complexity index is 1000. The fraction of sp³-hybridized carbons (Fsp3) is 0.294. The summed E-state index contributed by atoms with van der Waals surface area (Å²) in [6, 6.07) is 44.5. The Hall–Kier alpha value is -0.654. The molecular weight excluding hydrogens is 656 g/mol. The number of hydrogen-bond acceptors (Lipinski definition) is 0. The molecule has 4 aromatic carbocycles. The van der Waals surface area contributed by atoms with Crippen LogP contribution in [-0.4, -0.2) is 11.3 Å². The van der Waals surface area contributed by atoms with E-state index in [4.69, 9.17) is 20.3 Å². The Morgan fingerprint density at radius 2 is 0.625 bits per heavy atom. The monoisotopic (exact) mass is 693 g/mol. The largest absolute Gasteiger partial charge is 0.0622 e. The molecule has 0 amide bonds. The molecule has 0 nitrogen and oxygen atoms in total. The number of rotatable bonds is 6. The molecule has 0 spiro atoms. The van der Waals surface area contributed by atoms with Gasteiger partial charge in [0.15, 0.2) is 0 Å². The van der Waals surface area contributed by atoms with Gasteiger partial charge in [-0.3, -0.25) is 0 Å². The van der Waals surface area contributed by atoms with Gasteiger partial charge in [-0.25, -0.2) is 0 Å². The molecule has 4 aromatic rings.